The van der Waals surface area contributed by atoms with Crippen molar-refractivity contribution in [3.05, 3.63) is 70.8 Å². The SMILES string of the molecule is CC.CC.O=C1CCC2(C1)C(=O)c1ccccc1Cc1ccccc12. The zero-order chi connectivity index (χ0) is 18.4. The van der Waals surface area contributed by atoms with Crippen molar-refractivity contribution in [2.45, 2.75) is 58.8 Å². The Labute approximate surface area is 151 Å². The van der Waals surface area contributed by atoms with E-state index >= 15 is 0 Å². The normalized spacial score (nSPS) is 20.5. The number of ketones is 2. The van der Waals surface area contributed by atoms with Crippen LogP contribution in [0.25, 0.3) is 0 Å². The summed E-state index contributed by atoms with van der Waals surface area (Å²) in [4.78, 5) is 25.2. The van der Waals surface area contributed by atoms with E-state index in [0.29, 0.717) is 19.3 Å². The summed E-state index contributed by atoms with van der Waals surface area (Å²) in [5.41, 5.74) is 3.50. The van der Waals surface area contributed by atoms with Gasteiger partial charge in [0, 0.05) is 18.4 Å². The largest absolute Gasteiger partial charge is 0.300 e. The first kappa shape index (κ1) is 19.1. The standard InChI is InChI=1S/C19H16O2.2C2H6/c20-15-9-10-19(12-15)17-8-4-2-6-14(17)11-13-5-1-3-7-16(13)18(19)21;2*1-2/h1-8H,9-12H2;2*1-2H3. The van der Waals surface area contributed by atoms with Gasteiger partial charge < -0.3 is 0 Å². The Morgan fingerprint density at radius 2 is 1.40 bits per heavy atom. The minimum atomic E-state index is -0.625. The number of rotatable bonds is 0. The lowest BCUT2D eigenvalue weighted by atomic mass is 9.73. The Morgan fingerprint density at radius 3 is 2.04 bits per heavy atom. The first-order valence-corrected chi connectivity index (χ1v) is 9.43. The third kappa shape index (κ3) is 3.30. The molecule has 2 aromatic rings. The van der Waals surface area contributed by atoms with Crippen molar-refractivity contribution in [1.82, 2.24) is 0 Å². The number of hydrogen-bond donors (Lipinski definition) is 0. The van der Waals surface area contributed by atoms with Crippen LogP contribution >= 0.6 is 0 Å². The maximum absolute atomic E-state index is 13.2. The van der Waals surface area contributed by atoms with E-state index in [4.69, 9.17) is 0 Å². The lowest BCUT2D eigenvalue weighted by Crippen LogP contribution is -2.33. The van der Waals surface area contributed by atoms with E-state index in [0.717, 1.165) is 23.1 Å². The minimum Gasteiger partial charge on any atom is -0.300 e. The summed E-state index contributed by atoms with van der Waals surface area (Å²) < 4.78 is 0. The molecule has 0 bridgehead atoms. The average molecular weight is 336 g/mol. The second-order valence-electron chi connectivity index (χ2n) is 6.12. The van der Waals surface area contributed by atoms with Gasteiger partial charge in [-0.2, -0.15) is 0 Å². The molecule has 1 fully saturated rings. The molecule has 1 saturated carbocycles. The molecule has 1 spiro atoms. The van der Waals surface area contributed by atoms with Gasteiger partial charge in [-0.1, -0.05) is 76.2 Å². The van der Waals surface area contributed by atoms with Gasteiger partial charge in [0.25, 0.3) is 0 Å². The van der Waals surface area contributed by atoms with Crippen molar-refractivity contribution >= 4 is 11.6 Å². The quantitative estimate of drug-likeness (QED) is 0.635. The molecule has 0 heterocycles. The summed E-state index contributed by atoms with van der Waals surface area (Å²) in [6.45, 7) is 8.00. The number of fused-ring (bicyclic) bond motifs is 3. The predicted molar refractivity (Wildman–Crippen MR) is 103 cm³/mol. The predicted octanol–water partition coefficient (Wildman–Crippen LogP) is 5.52. The first-order valence-electron chi connectivity index (χ1n) is 9.43. The molecule has 25 heavy (non-hydrogen) atoms. The average Bonchev–Trinajstić information content (AvgIpc) is 3.04. The van der Waals surface area contributed by atoms with E-state index in [9.17, 15) is 9.59 Å². The van der Waals surface area contributed by atoms with Gasteiger partial charge in [0.15, 0.2) is 5.78 Å². The van der Waals surface area contributed by atoms with Crippen molar-refractivity contribution in [3.8, 4) is 0 Å². The fourth-order valence-electron chi connectivity index (χ4n) is 3.91. The fraction of sp³-hybridized carbons (Fsp3) is 0.391. The van der Waals surface area contributed by atoms with Gasteiger partial charge in [0.2, 0.25) is 0 Å². The number of benzene rings is 2. The highest BCUT2D eigenvalue weighted by Gasteiger charge is 2.48. The Bertz CT molecular complexity index is 760. The van der Waals surface area contributed by atoms with E-state index in [1.807, 2.05) is 70.2 Å². The van der Waals surface area contributed by atoms with Crippen LogP contribution in [-0.2, 0) is 16.6 Å². The highest BCUT2D eigenvalue weighted by atomic mass is 16.1. The second kappa shape index (κ2) is 8.24. The third-order valence-electron chi connectivity index (χ3n) is 4.94. The molecule has 1 atom stereocenters. The van der Waals surface area contributed by atoms with Gasteiger partial charge in [-0.25, -0.2) is 0 Å². The highest BCUT2D eigenvalue weighted by Crippen LogP contribution is 2.46. The van der Waals surface area contributed by atoms with Crippen LogP contribution in [0.4, 0.5) is 0 Å². The minimum absolute atomic E-state index is 0.133. The van der Waals surface area contributed by atoms with E-state index in [1.54, 1.807) is 0 Å². The Balaban J connectivity index is 0.000000528. The Kier molecular flexibility index (Phi) is 6.30. The molecule has 0 aromatic heterocycles. The molecule has 2 aliphatic carbocycles. The topological polar surface area (TPSA) is 34.1 Å². The smallest absolute Gasteiger partial charge is 0.174 e. The summed E-state index contributed by atoms with van der Waals surface area (Å²) in [6.07, 6.45) is 2.30. The first-order chi connectivity index (χ1) is 12.2. The maximum atomic E-state index is 13.2. The van der Waals surface area contributed by atoms with Gasteiger partial charge in [0.1, 0.15) is 5.78 Å². The molecule has 2 nitrogen and oxygen atoms in total. The van der Waals surface area contributed by atoms with Crippen LogP contribution in [-0.4, -0.2) is 11.6 Å². The summed E-state index contributed by atoms with van der Waals surface area (Å²) in [5.74, 6) is 0.339. The van der Waals surface area contributed by atoms with E-state index < -0.39 is 5.41 Å². The van der Waals surface area contributed by atoms with E-state index in [1.165, 1.54) is 5.56 Å². The molecule has 0 saturated heterocycles. The molecule has 132 valence electrons. The molecule has 0 radical (unpaired) electrons. The monoisotopic (exact) mass is 336 g/mol. The summed E-state index contributed by atoms with van der Waals surface area (Å²) in [6, 6.07) is 16.0. The van der Waals surface area contributed by atoms with Crippen molar-refractivity contribution in [3.63, 3.8) is 0 Å². The molecule has 2 heteroatoms. The molecular formula is C23H28O2. The Hall–Kier alpha value is -2.22. The van der Waals surface area contributed by atoms with Crippen molar-refractivity contribution < 1.29 is 9.59 Å². The molecule has 2 aromatic carbocycles. The lowest BCUT2D eigenvalue weighted by molar-refractivity contribution is -0.117. The molecule has 0 aliphatic heterocycles. The lowest BCUT2D eigenvalue weighted by Gasteiger charge is -2.27. The zero-order valence-corrected chi connectivity index (χ0v) is 15.8. The molecule has 4 rings (SSSR count). The third-order valence-corrected chi connectivity index (χ3v) is 4.94. The van der Waals surface area contributed by atoms with Gasteiger partial charge >= 0.3 is 0 Å². The summed E-state index contributed by atoms with van der Waals surface area (Å²) in [5, 5.41) is 0. The van der Waals surface area contributed by atoms with Crippen molar-refractivity contribution in [2.75, 3.05) is 0 Å². The van der Waals surface area contributed by atoms with Crippen LogP contribution in [0.3, 0.4) is 0 Å². The maximum Gasteiger partial charge on any atom is 0.174 e. The number of hydrogen-bond acceptors (Lipinski definition) is 2. The van der Waals surface area contributed by atoms with Crippen LogP contribution in [0.15, 0.2) is 48.5 Å². The highest BCUT2D eigenvalue weighted by molar-refractivity contribution is 6.09. The van der Waals surface area contributed by atoms with Crippen LogP contribution in [0.2, 0.25) is 0 Å². The van der Waals surface area contributed by atoms with Gasteiger partial charge in [-0.3, -0.25) is 9.59 Å². The van der Waals surface area contributed by atoms with E-state index in [-0.39, 0.29) is 11.6 Å². The summed E-state index contributed by atoms with van der Waals surface area (Å²) in [7, 11) is 0. The molecule has 2 aliphatic rings. The van der Waals surface area contributed by atoms with Crippen LogP contribution in [0.1, 0.15) is 74.0 Å². The van der Waals surface area contributed by atoms with Gasteiger partial charge in [-0.15, -0.1) is 0 Å². The van der Waals surface area contributed by atoms with Crippen LogP contribution in [0, 0.1) is 0 Å². The van der Waals surface area contributed by atoms with Crippen molar-refractivity contribution in [2.24, 2.45) is 0 Å². The fourth-order valence-corrected chi connectivity index (χ4v) is 3.91. The molecule has 0 N–H and O–H groups in total. The Morgan fingerprint density at radius 1 is 0.800 bits per heavy atom. The number of carbonyl (C=O) groups excluding carboxylic acids is 2. The van der Waals surface area contributed by atoms with Crippen molar-refractivity contribution in [1.29, 1.82) is 0 Å². The molecule has 1 unspecified atom stereocenters. The zero-order valence-electron chi connectivity index (χ0n) is 15.8. The van der Waals surface area contributed by atoms with Crippen LogP contribution < -0.4 is 0 Å². The van der Waals surface area contributed by atoms with Crippen LogP contribution in [0.5, 0.6) is 0 Å². The van der Waals surface area contributed by atoms with Gasteiger partial charge in [-0.05, 0) is 29.5 Å². The van der Waals surface area contributed by atoms with E-state index in [2.05, 4.69) is 6.07 Å². The number of carbonyl (C=O) groups is 2. The molecule has 0 amide bonds. The van der Waals surface area contributed by atoms with Gasteiger partial charge in [0.05, 0.1) is 5.41 Å². The number of Topliss-reactive ketones (excluding diaryl/α,β-unsaturated/α-hetero) is 2. The summed E-state index contributed by atoms with van der Waals surface area (Å²) >= 11 is 0. The second-order valence-corrected chi connectivity index (χ2v) is 6.12. The molecular weight excluding hydrogens is 308 g/mol.